The summed E-state index contributed by atoms with van der Waals surface area (Å²) in [6.07, 6.45) is 1.16. The predicted octanol–water partition coefficient (Wildman–Crippen LogP) is -0.0557. The van der Waals surface area contributed by atoms with Crippen LogP contribution in [0.25, 0.3) is 0 Å². The second-order valence-corrected chi connectivity index (χ2v) is 1.88. The van der Waals surface area contributed by atoms with E-state index in [0.717, 1.165) is 6.26 Å². The third-order valence-electron chi connectivity index (χ3n) is 1.18. The first kappa shape index (κ1) is 6.80. The van der Waals surface area contributed by atoms with Crippen LogP contribution in [0.3, 0.4) is 0 Å². The van der Waals surface area contributed by atoms with Gasteiger partial charge in [-0.05, 0) is 0 Å². The minimum absolute atomic E-state index is 0.165. The molecule has 4 heteroatoms. The SMILES string of the molecule is O=C(O)C1=COCCC1=O. The van der Waals surface area contributed by atoms with Crippen LogP contribution >= 0.6 is 0 Å². The molecule has 10 heavy (non-hydrogen) atoms. The van der Waals surface area contributed by atoms with Crippen molar-refractivity contribution in [3.05, 3.63) is 11.8 Å². The summed E-state index contributed by atoms with van der Waals surface area (Å²) in [5.74, 6) is -1.58. The molecule has 0 atom stereocenters. The summed E-state index contributed by atoms with van der Waals surface area (Å²) in [5, 5.41) is 8.34. The van der Waals surface area contributed by atoms with Crippen molar-refractivity contribution in [1.82, 2.24) is 0 Å². The average molecular weight is 142 g/mol. The van der Waals surface area contributed by atoms with Crippen molar-refractivity contribution in [2.75, 3.05) is 6.61 Å². The van der Waals surface area contributed by atoms with Crippen LogP contribution in [0.2, 0.25) is 0 Å². The number of ketones is 1. The van der Waals surface area contributed by atoms with Crippen molar-refractivity contribution < 1.29 is 19.4 Å². The second-order valence-electron chi connectivity index (χ2n) is 1.88. The molecular weight excluding hydrogens is 136 g/mol. The van der Waals surface area contributed by atoms with Gasteiger partial charge in [0, 0.05) is 6.42 Å². The normalized spacial score (nSPS) is 17.6. The van der Waals surface area contributed by atoms with Gasteiger partial charge in [0.15, 0.2) is 5.78 Å². The van der Waals surface area contributed by atoms with Crippen LogP contribution in [0.1, 0.15) is 6.42 Å². The van der Waals surface area contributed by atoms with E-state index in [-0.39, 0.29) is 24.4 Å². The quantitative estimate of drug-likeness (QED) is 0.521. The monoisotopic (exact) mass is 142 g/mol. The molecule has 0 saturated heterocycles. The van der Waals surface area contributed by atoms with Crippen LogP contribution in [0, 0.1) is 0 Å². The maximum Gasteiger partial charge on any atom is 0.342 e. The lowest BCUT2D eigenvalue weighted by molar-refractivity contribution is -0.135. The minimum Gasteiger partial charge on any atom is -0.500 e. The van der Waals surface area contributed by atoms with Crippen molar-refractivity contribution >= 4 is 11.8 Å². The largest absolute Gasteiger partial charge is 0.500 e. The van der Waals surface area contributed by atoms with Gasteiger partial charge in [0.1, 0.15) is 11.8 Å². The summed E-state index contributed by atoms with van der Waals surface area (Å²) in [7, 11) is 0. The topological polar surface area (TPSA) is 63.6 Å². The molecule has 0 aliphatic carbocycles. The fraction of sp³-hybridized carbons (Fsp3) is 0.333. The summed E-state index contributed by atoms with van der Waals surface area (Å²) < 4.78 is 4.65. The summed E-state index contributed by atoms with van der Waals surface area (Å²) in [6.45, 7) is 0.287. The number of hydrogen-bond acceptors (Lipinski definition) is 3. The molecule has 1 N–H and O–H groups in total. The molecule has 0 aromatic carbocycles. The molecule has 1 rings (SSSR count). The summed E-state index contributed by atoms with van der Waals surface area (Å²) in [6, 6.07) is 0. The molecule has 0 fully saturated rings. The van der Waals surface area contributed by atoms with Crippen molar-refractivity contribution in [1.29, 1.82) is 0 Å². The zero-order valence-electron chi connectivity index (χ0n) is 5.16. The first-order valence-corrected chi connectivity index (χ1v) is 2.80. The lowest BCUT2D eigenvalue weighted by Crippen LogP contribution is -2.18. The molecule has 0 radical (unpaired) electrons. The smallest absolute Gasteiger partial charge is 0.342 e. The average Bonchev–Trinajstić information content (AvgIpc) is 1.88. The van der Waals surface area contributed by atoms with Crippen molar-refractivity contribution in [2.45, 2.75) is 6.42 Å². The number of hydrogen-bond donors (Lipinski definition) is 1. The highest BCUT2D eigenvalue weighted by molar-refractivity contribution is 6.16. The first-order valence-electron chi connectivity index (χ1n) is 2.80. The highest BCUT2D eigenvalue weighted by Gasteiger charge is 2.20. The lowest BCUT2D eigenvalue weighted by Gasteiger charge is -2.07. The molecule has 1 aliphatic rings. The fourth-order valence-corrected chi connectivity index (χ4v) is 0.664. The Morgan fingerprint density at radius 1 is 1.70 bits per heavy atom. The summed E-state index contributed by atoms with van der Waals surface area (Å²) >= 11 is 0. The summed E-state index contributed by atoms with van der Waals surface area (Å²) in [4.78, 5) is 20.9. The van der Waals surface area contributed by atoms with Gasteiger partial charge in [0.2, 0.25) is 0 Å². The van der Waals surface area contributed by atoms with Crippen LogP contribution in [-0.4, -0.2) is 23.5 Å². The molecule has 1 heterocycles. The number of aliphatic carboxylic acids is 1. The summed E-state index contributed by atoms with van der Waals surface area (Å²) in [5.41, 5.74) is -0.258. The Morgan fingerprint density at radius 2 is 2.40 bits per heavy atom. The fourth-order valence-electron chi connectivity index (χ4n) is 0.664. The third kappa shape index (κ3) is 1.15. The number of ether oxygens (including phenoxy) is 1. The van der Waals surface area contributed by atoms with E-state index in [4.69, 9.17) is 5.11 Å². The van der Waals surface area contributed by atoms with Gasteiger partial charge < -0.3 is 9.84 Å². The number of carbonyl (C=O) groups is 2. The van der Waals surface area contributed by atoms with Gasteiger partial charge >= 0.3 is 5.97 Å². The van der Waals surface area contributed by atoms with E-state index in [9.17, 15) is 9.59 Å². The Balaban J connectivity index is 2.81. The zero-order valence-corrected chi connectivity index (χ0v) is 5.16. The second kappa shape index (κ2) is 2.51. The number of carbonyl (C=O) groups excluding carboxylic acids is 1. The minimum atomic E-state index is -1.22. The highest BCUT2D eigenvalue weighted by atomic mass is 16.5. The predicted molar refractivity (Wildman–Crippen MR) is 31.3 cm³/mol. The Kier molecular flexibility index (Phi) is 1.71. The molecular formula is C6H6O4. The molecule has 0 unspecified atom stereocenters. The molecule has 0 aromatic rings. The van der Waals surface area contributed by atoms with E-state index in [2.05, 4.69) is 4.74 Å². The van der Waals surface area contributed by atoms with Gasteiger partial charge in [0.25, 0.3) is 0 Å². The van der Waals surface area contributed by atoms with Crippen molar-refractivity contribution in [3.8, 4) is 0 Å². The maximum absolute atomic E-state index is 10.7. The van der Waals surface area contributed by atoms with Crippen LogP contribution in [0.15, 0.2) is 11.8 Å². The Hall–Kier alpha value is -1.32. The van der Waals surface area contributed by atoms with Crippen LogP contribution in [-0.2, 0) is 14.3 Å². The van der Waals surface area contributed by atoms with E-state index in [1.807, 2.05) is 0 Å². The Bertz CT molecular complexity index is 204. The number of carboxylic acid groups (broad SMARTS) is 1. The molecule has 0 spiro atoms. The molecule has 0 saturated carbocycles. The van der Waals surface area contributed by atoms with Crippen molar-refractivity contribution in [2.24, 2.45) is 0 Å². The highest BCUT2D eigenvalue weighted by Crippen LogP contribution is 2.06. The molecule has 4 nitrogen and oxygen atoms in total. The van der Waals surface area contributed by atoms with Gasteiger partial charge in [-0.15, -0.1) is 0 Å². The maximum atomic E-state index is 10.7. The van der Waals surface area contributed by atoms with E-state index in [0.29, 0.717) is 0 Å². The molecule has 0 amide bonds. The van der Waals surface area contributed by atoms with E-state index in [1.54, 1.807) is 0 Å². The molecule has 0 aromatic heterocycles. The standard InChI is InChI=1S/C6H6O4/c7-5-1-2-10-3-4(5)6(8)9/h3H,1-2H2,(H,8,9). The van der Waals surface area contributed by atoms with E-state index >= 15 is 0 Å². The zero-order chi connectivity index (χ0) is 7.56. The van der Waals surface area contributed by atoms with Gasteiger partial charge in [-0.2, -0.15) is 0 Å². The lowest BCUT2D eigenvalue weighted by atomic mass is 10.1. The van der Waals surface area contributed by atoms with Crippen LogP contribution in [0.4, 0.5) is 0 Å². The number of rotatable bonds is 1. The number of Topliss-reactive ketones (excluding diaryl/α,β-unsaturated/α-hetero) is 1. The van der Waals surface area contributed by atoms with E-state index in [1.165, 1.54) is 0 Å². The van der Waals surface area contributed by atoms with Gasteiger partial charge in [-0.25, -0.2) is 4.79 Å². The molecule has 1 aliphatic heterocycles. The van der Waals surface area contributed by atoms with Gasteiger partial charge in [0.05, 0.1) is 6.61 Å². The first-order chi connectivity index (χ1) is 4.72. The molecule has 54 valence electrons. The molecule has 0 bridgehead atoms. The third-order valence-corrected chi connectivity index (χ3v) is 1.18. The van der Waals surface area contributed by atoms with E-state index < -0.39 is 5.97 Å². The van der Waals surface area contributed by atoms with Crippen molar-refractivity contribution in [3.63, 3.8) is 0 Å². The van der Waals surface area contributed by atoms with Gasteiger partial charge in [-0.3, -0.25) is 4.79 Å². The van der Waals surface area contributed by atoms with Crippen LogP contribution < -0.4 is 0 Å². The Labute approximate surface area is 57.1 Å². The van der Waals surface area contributed by atoms with Gasteiger partial charge in [-0.1, -0.05) is 0 Å². The Morgan fingerprint density at radius 3 is 2.80 bits per heavy atom. The number of carboxylic acids is 1. The van der Waals surface area contributed by atoms with Crippen LogP contribution in [0.5, 0.6) is 0 Å².